The van der Waals surface area contributed by atoms with Crippen molar-refractivity contribution < 1.29 is 13.2 Å². The van der Waals surface area contributed by atoms with Gasteiger partial charge >= 0.3 is 0 Å². The van der Waals surface area contributed by atoms with E-state index < -0.39 is 17.5 Å². The van der Waals surface area contributed by atoms with Crippen LogP contribution in [0.5, 0.6) is 0 Å². The van der Waals surface area contributed by atoms with Gasteiger partial charge in [0.15, 0.2) is 0 Å². The van der Waals surface area contributed by atoms with Crippen LogP contribution in [0.25, 0.3) is 0 Å². The summed E-state index contributed by atoms with van der Waals surface area (Å²) in [5.41, 5.74) is 5.66. The molecule has 0 saturated carbocycles. The predicted octanol–water partition coefficient (Wildman–Crippen LogP) is 4.85. The van der Waals surface area contributed by atoms with Gasteiger partial charge in [0.2, 0.25) is 0 Å². The minimum Gasteiger partial charge on any atom is -0.397 e. The molecule has 0 saturated heterocycles. The van der Waals surface area contributed by atoms with Crippen LogP contribution in [0, 0.1) is 17.5 Å². The molecule has 3 N–H and O–H groups in total. The average molecular weight is 352 g/mol. The van der Waals surface area contributed by atoms with Crippen molar-refractivity contribution in [2.75, 3.05) is 11.1 Å². The Labute approximate surface area is 120 Å². The maximum absolute atomic E-state index is 13.6. The SMILES string of the molecule is Nc1cc(F)c(Cl)cc1Nc1cc(F)c(Br)cc1F. The van der Waals surface area contributed by atoms with Gasteiger partial charge in [-0.2, -0.15) is 0 Å². The Balaban J connectivity index is 2.42. The first kappa shape index (κ1) is 14.0. The number of halogens is 5. The van der Waals surface area contributed by atoms with Crippen molar-refractivity contribution in [2.24, 2.45) is 0 Å². The van der Waals surface area contributed by atoms with Crippen LogP contribution in [0.3, 0.4) is 0 Å². The van der Waals surface area contributed by atoms with Gasteiger partial charge in [-0.1, -0.05) is 11.6 Å². The van der Waals surface area contributed by atoms with E-state index in [1.807, 2.05) is 0 Å². The zero-order valence-electron chi connectivity index (χ0n) is 9.28. The molecule has 0 unspecified atom stereocenters. The quantitative estimate of drug-likeness (QED) is 0.600. The van der Waals surface area contributed by atoms with E-state index in [4.69, 9.17) is 17.3 Å². The van der Waals surface area contributed by atoms with Gasteiger partial charge in [-0.25, -0.2) is 13.2 Å². The fourth-order valence-corrected chi connectivity index (χ4v) is 1.91. The minimum absolute atomic E-state index is 0.000612. The third kappa shape index (κ3) is 2.96. The number of nitrogen functional groups attached to an aromatic ring is 1. The number of nitrogens with one attached hydrogen (secondary N) is 1. The molecular weight excluding hydrogens is 344 g/mol. The molecule has 0 amide bonds. The van der Waals surface area contributed by atoms with Crippen molar-refractivity contribution in [3.63, 3.8) is 0 Å². The number of benzene rings is 2. The summed E-state index contributed by atoms with van der Waals surface area (Å²) in [7, 11) is 0. The Kier molecular flexibility index (Phi) is 3.91. The lowest BCUT2D eigenvalue weighted by Crippen LogP contribution is -2.00. The summed E-state index contributed by atoms with van der Waals surface area (Å²) < 4.78 is 40.1. The second kappa shape index (κ2) is 5.30. The Morgan fingerprint density at radius 2 is 1.63 bits per heavy atom. The van der Waals surface area contributed by atoms with E-state index >= 15 is 0 Å². The molecule has 0 spiro atoms. The van der Waals surface area contributed by atoms with E-state index in [-0.39, 0.29) is 26.6 Å². The van der Waals surface area contributed by atoms with Gasteiger partial charge in [0.25, 0.3) is 0 Å². The molecule has 0 aliphatic heterocycles. The summed E-state index contributed by atoms with van der Waals surface area (Å²) in [5.74, 6) is -2.02. The van der Waals surface area contributed by atoms with Crippen LogP contribution in [-0.2, 0) is 0 Å². The molecule has 100 valence electrons. The molecule has 0 aliphatic carbocycles. The molecule has 2 aromatic rings. The lowest BCUT2D eigenvalue weighted by molar-refractivity contribution is 0.598. The summed E-state index contributed by atoms with van der Waals surface area (Å²) in [6, 6.07) is 4.12. The van der Waals surface area contributed by atoms with Crippen LogP contribution < -0.4 is 11.1 Å². The summed E-state index contributed by atoms with van der Waals surface area (Å²) >= 11 is 8.47. The van der Waals surface area contributed by atoms with E-state index in [1.165, 1.54) is 6.07 Å². The zero-order chi connectivity index (χ0) is 14.2. The molecule has 0 heterocycles. The highest BCUT2D eigenvalue weighted by molar-refractivity contribution is 9.10. The molecule has 2 nitrogen and oxygen atoms in total. The van der Waals surface area contributed by atoms with Crippen LogP contribution in [0.15, 0.2) is 28.7 Å². The summed E-state index contributed by atoms with van der Waals surface area (Å²) in [6.45, 7) is 0. The smallest absolute Gasteiger partial charge is 0.147 e. The van der Waals surface area contributed by atoms with Crippen LogP contribution in [-0.4, -0.2) is 0 Å². The molecule has 0 fully saturated rings. The fraction of sp³-hybridized carbons (Fsp3) is 0. The molecule has 0 bridgehead atoms. The molecule has 7 heteroatoms. The van der Waals surface area contributed by atoms with Crippen LogP contribution in [0.1, 0.15) is 0 Å². The highest BCUT2D eigenvalue weighted by Crippen LogP contribution is 2.31. The number of rotatable bonds is 2. The van der Waals surface area contributed by atoms with Crippen LogP contribution >= 0.6 is 27.5 Å². The maximum atomic E-state index is 13.6. The Morgan fingerprint density at radius 1 is 0.947 bits per heavy atom. The number of anilines is 3. The lowest BCUT2D eigenvalue weighted by atomic mass is 10.2. The second-order valence-electron chi connectivity index (χ2n) is 3.72. The van der Waals surface area contributed by atoms with Gasteiger partial charge in [0.1, 0.15) is 17.5 Å². The maximum Gasteiger partial charge on any atom is 0.147 e. The number of hydrogen-bond acceptors (Lipinski definition) is 2. The summed E-state index contributed by atoms with van der Waals surface area (Å²) in [5, 5.41) is 2.39. The molecule has 0 atom stereocenters. The highest BCUT2D eigenvalue weighted by Gasteiger charge is 2.11. The monoisotopic (exact) mass is 350 g/mol. The van der Waals surface area contributed by atoms with Crippen molar-refractivity contribution in [1.82, 2.24) is 0 Å². The van der Waals surface area contributed by atoms with Crippen molar-refractivity contribution in [3.8, 4) is 0 Å². The summed E-state index contributed by atoms with van der Waals surface area (Å²) in [6.07, 6.45) is 0. The molecule has 2 rings (SSSR count). The third-order valence-electron chi connectivity index (χ3n) is 2.37. The van der Waals surface area contributed by atoms with Gasteiger partial charge in [0, 0.05) is 12.1 Å². The van der Waals surface area contributed by atoms with Gasteiger partial charge < -0.3 is 11.1 Å². The molecular formula is C12H7BrClF3N2. The van der Waals surface area contributed by atoms with E-state index in [0.29, 0.717) is 0 Å². The van der Waals surface area contributed by atoms with E-state index in [0.717, 1.165) is 18.2 Å². The predicted molar refractivity (Wildman–Crippen MR) is 73.2 cm³/mol. The first-order valence-corrected chi connectivity index (χ1v) is 6.21. The molecule has 0 radical (unpaired) electrons. The van der Waals surface area contributed by atoms with E-state index in [2.05, 4.69) is 21.2 Å². The van der Waals surface area contributed by atoms with Gasteiger partial charge in [-0.3, -0.25) is 0 Å². The van der Waals surface area contributed by atoms with Gasteiger partial charge in [0.05, 0.1) is 26.6 Å². The van der Waals surface area contributed by atoms with Crippen molar-refractivity contribution in [1.29, 1.82) is 0 Å². The van der Waals surface area contributed by atoms with Gasteiger partial charge in [-0.05, 0) is 28.1 Å². The van der Waals surface area contributed by atoms with E-state index in [1.54, 1.807) is 0 Å². The normalized spacial score (nSPS) is 10.6. The Hall–Kier alpha value is -1.40. The zero-order valence-corrected chi connectivity index (χ0v) is 11.6. The molecule has 19 heavy (non-hydrogen) atoms. The standard InChI is InChI=1S/C12H7BrClF3N2/c13-5-1-9(17)11(4-7(5)15)19-12-2-6(14)8(16)3-10(12)18/h1-4,19H,18H2. The van der Waals surface area contributed by atoms with Crippen molar-refractivity contribution in [2.45, 2.75) is 0 Å². The average Bonchev–Trinajstić information content (AvgIpc) is 2.32. The minimum atomic E-state index is -0.688. The van der Waals surface area contributed by atoms with Crippen LogP contribution in [0.4, 0.5) is 30.2 Å². The lowest BCUT2D eigenvalue weighted by Gasteiger charge is -2.11. The first-order chi connectivity index (χ1) is 8.88. The van der Waals surface area contributed by atoms with E-state index in [9.17, 15) is 13.2 Å². The molecule has 2 aromatic carbocycles. The third-order valence-corrected chi connectivity index (χ3v) is 3.27. The van der Waals surface area contributed by atoms with Crippen LogP contribution in [0.2, 0.25) is 5.02 Å². The second-order valence-corrected chi connectivity index (χ2v) is 4.99. The summed E-state index contributed by atoms with van der Waals surface area (Å²) in [4.78, 5) is 0. The number of nitrogens with two attached hydrogens (primary N) is 1. The topological polar surface area (TPSA) is 38.0 Å². The van der Waals surface area contributed by atoms with Gasteiger partial charge in [-0.15, -0.1) is 0 Å². The van der Waals surface area contributed by atoms with Crippen molar-refractivity contribution in [3.05, 3.63) is 51.2 Å². The van der Waals surface area contributed by atoms with Crippen molar-refractivity contribution >= 4 is 44.6 Å². The Morgan fingerprint density at radius 3 is 2.32 bits per heavy atom. The Bertz CT molecular complexity index is 594. The largest absolute Gasteiger partial charge is 0.397 e. The fourth-order valence-electron chi connectivity index (χ4n) is 1.43. The molecule has 0 aromatic heterocycles. The first-order valence-electron chi connectivity index (χ1n) is 5.04. The number of hydrogen-bond donors (Lipinski definition) is 2. The molecule has 0 aliphatic rings. The highest BCUT2D eigenvalue weighted by atomic mass is 79.9.